The number of aliphatic hydroxyl groups is 1. The molecule has 2 aromatic rings. The largest absolute Gasteiger partial charge is 0.508 e. The van der Waals surface area contributed by atoms with Crippen molar-refractivity contribution < 1.29 is 29.0 Å². The second-order valence-electron chi connectivity index (χ2n) is 7.64. The number of rotatable bonds is 7. The molecule has 12 nitrogen and oxygen atoms in total. The Labute approximate surface area is 200 Å². The number of aryl methyl sites for hydroxylation is 1. The predicted octanol–water partition coefficient (Wildman–Crippen LogP) is 1.96. The molecule has 33 heavy (non-hydrogen) atoms. The number of aliphatic hydroxyl groups excluding tert-OH is 1. The van der Waals surface area contributed by atoms with Crippen LogP contribution in [-0.2, 0) is 14.2 Å². The van der Waals surface area contributed by atoms with Crippen molar-refractivity contribution in [3.63, 3.8) is 0 Å². The lowest BCUT2D eigenvalue weighted by atomic mass is 10.0. The fourth-order valence-electron chi connectivity index (χ4n) is 3.40. The van der Waals surface area contributed by atoms with Crippen LogP contribution >= 0.6 is 22.6 Å². The van der Waals surface area contributed by atoms with E-state index in [2.05, 4.69) is 4.98 Å². The van der Waals surface area contributed by atoms with Crippen molar-refractivity contribution >= 4 is 34.4 Å². The lowest BCUT2D eigenvalue weighted by Gasteiger charge is -2.17. The molecule has 1 saturated heterocycles. The highest BCUT2D eigenvalue weighted by atomic mass is 127. The molecular formula is C20H22IN3O9. The number of ether oxygens (including phenoxy) is 3. The summed E-state index contributed by atoms with van der Waals surface area (Å²) in [5.74, 6) is -0.458. The Morgan fingerprint density at radius 1 is 1.42 bits per heavy atom. The summed E-state index contributed by atoms with van der Waals surface area (Å²) in [5, 5.41) is 21.5. The zero-order chi connectivity index (χ0) is 24.3. The van der Waals surface area contributed by atoms with Gasteiger partial charge in [-0.3, -0.25) is 24.5 Å². The number of aromatic nitrogens is 2. The molecule has 1 aliphatic rings. The third kappa shape index (κ3) is 5.97. The maximum atomic E-state index is 12.0. The van der Waals surface area contributed by atoms with Crippen LogP contribution in [0.1, 0.15) is 36.6 Å². The van der Waals surface area contributed by atoms with Crippen LogP contribution in [0.4, 0.5) is 10.5 Å². The van der Waals surface area contributed by atoms with Crippen molar-refractivity contribution in [3.8, 4) is 0 Å². The first kappa shape index (κ1) is 24.9. The van der Waals surface area contributed by atoms with Crippen LogP contribution < -0.4 is 11.2 Å². The van der Waals surface area contributed by atoms with E-state index >= 15 is 0 Å². The molecule has 178 valence electrons. The number of halogens is 1. The zero-order valence-electron chi connectivity index (χ0n) is 17.7. The fourth-order valence-corrected chi connectivity index (χ4v) is 3.91. The number of hydrogen-bond acceptors (Lipinski definition) is 9. The van der Waals surface area contributed by atoms with Crippen LogP contribution in [0.2, 0.25) is 0 Å². The van der Waals surface area contributed by atoms with Crippen molar-refractivity contribution in [2.24, 2.45) is 0 Å². The van der Waals surface area contributed by atoms with E-state index in [4.69, 9.17) is 14.2 Å². The fraction of sp³-hybridized carbons (Fsp3) is 0.450. The van der Waals surface area contributed by atoms with Gasteiger partial charge < -0.3 is 19.3 Å². The number of H-pyrrole nitrogens is 1. The quantitative estimate of drug-likeness (QED) is 0.218. The van der Waals surface area contributed by atoms with E-state index in [1.54, 1.807) is 19.1 Å². The minimum absolute atomic E-state index is 0.0573. The van der Waals surface area contributed by atoms with E-state index in [-0.39, 0.29) is 25.3 Å². The van der Waals surface area contributed by atoms with E-state index in [1.165, 1.54) is 19.2 Å². The van der Waals surface area contributed by atoms with Crippen molar-refractivity contribution in [3.05, 3.63) is 70.0 Å². The second kappa shape index (κ2) is 10.4. The average Bonchev–Trinajstić information content (AvgIpc) is 3.12. The summed E-state index contributed by atoms with van der Waals surface area (Å²) in [6.07, 6.45) is -2.39. The van der Waals surface area contributed by atoms with Gasteiger partial charge in [0.05, 0.1) is 11.0 Å². The normalized spacial score (nSPS) is 20.9. The van der Waals surface area contributed by atoms with Gasteiger partial charge in [0.1, 0.15) is 25.5 Å². The van der Waals surface area contributed by atoms with E-state index < -0.39 is 46.7 Å². The molecule has 0 saturated carbocycles. The summed E-state index contributed by atoms with van der Waals surface area (Å²) in [6, 6.07) is 4.67. The summed E-state index contributed by atoms with van der Waals surface area (Å²) in [6.45, 7) is 2.74. The molecular weight excluding hydrogens is 553 g/mol. The van der Waals surface area contributed by atoms with Crippen LogP contribution in [0.5, 0.6) is 0 Å². The zero-order valence-corrected chi connectivity index (χ0v) is 19.9. The molecule has 0 aliphatic carbocycles. The Morgan fingerprint density at radius 3 is 2.85 bits per heavy atom. The van der Waals surface area contributed by atoms with Gasteiger partial charge in [0.2, 0.25) is 0 Å². The number of carbonyl (C=O) groups is 1. The number of nitrogens with one attached hydrogen (secondary N) is 1. The minimum atomic E-state index is -1.02. The smallest absolute Gasteiger partial charge is 0.434 e. The van der Waals surface area contributed by atoms with Gasteiger partial charge in [0, 0.05) is 39.3 Å². The molecule has 0 spiro atoms. The number of carbonyl (C=O) groups excluding carboxylic acids is 1. The minimum Gasteiger partial charge on any atom is -0.434 e. The van der Waals surface area contributed by atoms with Gasteiger partial charge in [-0.15, -0.1) is 0 Å². The maximum absolute atomic E-state index is 12.0. The summed E-state index contributed by atoms with van der Waals surface area (Å²) < 4.78 is 17.7. The highest BCUT2D eigenvalue weighted by Crippen LogP contribution is 2.29. The molecule has 0 radical (unpaired) electrons. The lowest BCUT2D eigenvalue weighted by Crippen LogP contribution is -2.33. The summed E-state index contributed by atoms with van der Waals surface area (Å²) in [7, 11) is 0. The third-order valence-electron chi connectivity index (χ3n) is 5.19. The van der Waals surface area contributed by atoms with Crippen molar-refractivity contribution in [1.82, 2.24) is 9.55 Å². The number of benzene rings is 1. The van der Waals surface area contributed by atoms with E-state index in [1.807, 2.05) is 22.6 Å². The van der Waals surface area contributed by atoms with Gasteiger partial charge >= 0.3 is 11.8 Å². The summed E-state index contributed by atoms with van der Waals surface area (Å²) in [5.41, 5.74) is -0.525. The predicted molar refractivity (Wildman–Crippen MR) is 122 cm³/mol. The Balaban J connectivity index is 1.54. The monoisotopic (exact) mass is 575 g/mol. The van der Waals surface area contributed by atoms with Gasteiger partial charge in [-0.25, -0.2) is 9.59 Å². The van der Waals surface area contributed by atoms with E-state index in [9.17, 15) is 29.6 Å². The molecule has 1 aromatic heterocycles. The Kier molecular flexibility index (Phi) is 7.86. The average molecular weight is 575 g/mol. The lowest BCUT2D eigenvalue weighted by molar-refractivity contribution is -0.385. The van der Waals surface area contributed by atoms with Crippen LogP contribution in [0.25, 0.3) is 0 Å². The Morgan fingerprint density at radius 2 is 2.15 bits per heavy atom. The number of aromatic amines is 1. The van der Waals surface area contributed by atoms with Gasteiger partial charge in [-0.05, 0) is 41.6 Å². The highest BCUT2D eigenvalue weighted by Gasteiger charge is 2.36. The number of hydrogen-bond donors (Lipinski definition) is 2. The van der Waals surface area contributed by atoms with Crippen molar-refractivity contribution in [2.75, 3.05) is 13.2 Å². The molecule has 1 fully saturated rings. The van der Waals surface area contributed by atoms with Gasteiger partial charge in [0.15, 0.2) is 0 Å². The highest BCUT2D eigenvalue weighted by molar-refractivity contribution is 14.1. The Hall–Kier alpha value is -2.78. The number of nitrogens with zero attached hydrogens (tertiary/aromatic N) is 2. The molecule has 3 rings (SSSR count). The van der Waals surface area contributed by atoms with Crippen LogP contribution in [0.15, 0.2) is 34.0 Å². The van der Waals surface area contributed by atoms with Crippen LogP contribution in [0.3, 0.4) is 0 Å². The molecule has 4 unspecified atom stereocenters. The summed E-state index contributed by atoms with van der Waals surface area (Å²) in [4.78, 5) is 48.4. The number of nitro benzene ring substituents is 1. The van der Waals surface area contributed by atoms with Crippen LogP contribution in [0, 0.1) is 20.6 Å². The summed E-state index contributed by atoms with van der Waals surface area (Å²) >= 11 is 2.04. The molecule has 4 atom stereocenters. The van der Waals surface area contributed by atoms with Crippen molar-refractivity contribution in [2.45, 2.75) is 44.6 Å². The van der Waals surface area contributed by atoms with E-state index in [0.717, 1.165) is 8.14 Å². The second-order valence-corrected chi connectivity index (χ2v) is 8.89. The molecule has 2 heterocycles. The van der Waals surface area contributed by atoms with Crippen molar-refractivity contribution in [1.29, 1.82) is 0 Å². The first-order valence-corrected chi connectivity index (χ1v) is 11.0. The van der Waals surface area contributed by atoms with Gasteiger partial charge in [-0.1, -0.05) is 6.92 Å². The maximum Gasteiger partial charge on any atom is 0.508 e. The molecule has 1 aliphatic heterocycles. The number of nitro groups is 1. The first-order valence-electron chi connectivity index (χ1n) is 9.95. The van der Waals surface area contributed by atoms with Gasteiger partial charge in [0.25, 0.3) is 11.2 Å². The molecule has 0 bridgehead atoms. The Bertz CT molecular complexity index is 1160. The standard InChI is InChI=1S/C20H22IN3O9/c1-10-7-23(19(27)22-18(10)26)17-6-15(25)16(33-17)9-32-20(28)31-8-11(2)13-5-12(21)3-4-14(13)24(29)30/h3-5,7,11,15-17,25H,6,8-9H2,1-2H3,(H,22,26,27). The van der Waals surface area contributed by atoms with Gasteiger partial charge in [-0.2, -0.15) is 0 Å². The SMILES string of the molecule is Cc1cn(C2CC(O)C(COC(=O)OCC(C)c3cc(I)ccc3[N+](=O)[O-])O2)c(=O)[nH]c1=O. The molecule has 2 N–H and O–H groups in total. The molecule has 13 heteroatoms. The molecule has 0 amide bonds. The topological polar surface area (TPSA) is 163 Å². The first-order chi connectivity index (χ1) is 15.6. The van der Waals surface area contributed by atoms with Crippen LogP contribution in [-0.4, -0.2) is 51.2 Å². The van der Waals surface area contributed by atoms with E-state index in [0.29, 0.717) is 11.1 Å². The third-order valence-corrected chi connectivity index (χ3v) is 5.87. The molecule has 1 aromatic carbocycles.